The first kappa shape index (κ1) is 14.8. The lowest BCUT2D eigenvalue weighted by atomic mass is 10.1. The molecule has 0 saturated carbocycles. The molecule has 1 aromatic heterocycles. The molecule has 18 heavy (non-hydrogen) atoms. The first-order valence-corrected chi connectivity index (χ1v) is 6.29. The fraction of sp³-hybridized carbons (Fsp3) is 0.500. The summed E-state index contributed by atoms with van der Waals surface area (Å²) in [6.45, 7) is 5.31. The number of nitrogens with one attached hydrogen (secondary N) is 1. The normalized spacial score (nSPS) is 12.9. The van der Waals surface area contributed by atoms with Crippen LogP contribution in [0.15, 0.2) is 21.2 Å². The zero-order chi connectivity index (χ0) is 13.8. The zero-order valence-corrected chi connectivity index (χ0v) is 12.1. The number of rotatable bonds is 4. The first-order chi connectivity index (χ1) is 8.31. The molecule has 1 heterocycles. The molecule has 6 heteroatoms. The minimum absolute atomic E-state index is 0.124. The van der Waals surface area contributed by atoms with Crippen LogP contribution in [0, 0.1) is 0 Å². The second-order valence-electron chi connectivity index (χ2n) is 4.74. The van der Waals surface area contributed by atoms with Crippen LogP contribution in [0.1, 0.15) is 39.0 Å². The van der Waals surface area contributed by atoms with E-state index in [1.807, 2.05) is 0 Å². The second kappa shape index (κ2) is 6.04. The van der Waals surface area contributed by atoms with Crippen molar-refractivity contribution in [3.63, 3.8) is 0 Å². The predicted octanol–water partition coefficient (Wildman–Crippen LogP) is 3.20. The lowest BCUT2D eigenvalue weighted by Crippen LogP contribution is -2.35. The lowest BCUT2D eigenvalue weighted by molar-refractivity contribution is -0.108. The minimum atomic E-state index is -0.584. The Labute approximate surface area is 114 Å². The van der Waals surface area contributed by atoms with Crippen molar-refractivity contribution in [3.05, 3.63) is 22.6 Å². The summed E-state index contributed by atoms with van der Waals surface area (Å²) in [6.07, 6.45) is 0.263. The Kier molecular flexibility index (Phi) is 4.95. The number of amides is 1. The Morgan fingerprint density at radius 3 is 2.67 bits per heavy atom. The van der Waals surface area contributed by atoms with Gasteiger partial charge in [0.05, 0.1) is 6.04 Å². The van der Waals surface area contributed by atoms with Crippen molar-refractivity contribution in [1.82, 2.24) is 5.32 Å². The maximum atomic E-state index is 11.6. The van der Waals surface area contributed by atoms with Crippen molar-refractivity contribution >= 4 is 28.3 Å². The van der Waals surface area contributed by atoms with Crippen molar-refractivity contribution in [1.29, 1.82) is 0 Å². The number of alkyl carbamates (subject to hydrolysis) is 1. The molecular formula is C12H16BrNO4. The molecular weight excluding hydrogens is 302 g/mol. The number of hydrogen-bond acceptors (Lipinski definition) is 4. The highest BCUT2D eigenvalue weighted by atomic mass is 79.9. The number of halogens is 1. The molecule has 1 rings (SSSR count). The van der Waals surface area contributed by atoms with Crippen LogP contribution in [0.25, 0.3) is 0 Å². The molecule has 0 fully saturated rings. The first-order valence-electron chi connectivity index (χ1n) is 5.50. The van der Waals surface area contributed by atoms with E-state index in [9.17, 15) is 9.59 Å². The van der Waals surface area contributed by atoms with Gasteiger partial charge >= 0.3 is 6.09 Å². The van der Waals surface area contributed by atoms with E-state index in [1.165, 1.54) is 0 Å². The molecule has 0 aliphatic heterocycles. The van der Waals surface area contributed by atoms with E-state index >= 15 is 0 Å². The Bertz CT molecular complexity index is 422. The van der Waals surface area contributed by atoms with Gasteiger partial charge < -0.3 is 19.3 Å². The van der Waals surface area contributed by atoms with Gasteiger partial charge in [-0.15, -0.1) is 0 Å². The number of carbonyl (C=O) groups excluding carboxylic acids is 2. The molecule has 100 valence electrons. The molecule has 1 atom stereocenters. The molecule has 0 aliphatic carbocycles. The number of hydrogen-bond donors (Lipinski definition) is 1. The van der Waals surface area contributed by atoms with E-state index in [1.54, 1.807) is 32.9 Å². The molecule has 0 saturated heterocycles. The van der Waals surface area contributed by atoms with Gasteiger partial charge in [0.2, 0.25) is 0 Å². The summed E-state index contributed by atoms with van der Waals surface area (Å²) >= 11 is 3.17. The standard InChI is InChI=1S/C12H16BrNO4/c1-12(2,3)18-11(16)14-8(6-7-15)9-4-5-10(13)17-9/h4-5,7-8H,6H2,1-3H3,(H,14,16)/t8-/m0/s1. The van der Waals surface area contributed by atoms with Gasteiger partial charge in [-0.25, -0.2) is 4.79 Å². The van der Waals surface area contributed by atoms with Crippen LogP contribution in [0.4, 0.5) is 4.79 Å². The average Bonchev–Trinajstić information content (AvgIpc) is 2.61. The van der Waals surface area contributed by atoms with Gasteiger partial charge in [-0.1, -0.05) is 0 Å². The number of aldehydes is 1. The van der Waals surface area contributed by atoms with Crippen LogP contribution in [-0.2, 0) is 9.53 Å². The van der Waals surface area contributed by atoms with E-state index in [0.717, 1.165) is 6.29 Å². The molecule has 1 aromatic rings. The van der Waals surface area contributed by atoms with Crippen LogP contribution in [0.2, 0.25) is 0 Å². The van der Waals surface area contributed by atoms with Gasteiger partial charge in [0.15, 0.2) is 4.67 Å². The number of carbonyl (C=O) groups is 2. The fourth-order valence-corrected chi connectivity index (χ4v) is 1.63. The molecule has 0 spiro atoms. The van der Waals surface area contributed by atoms with Gasteiger partial charge in [-0.3, -0.25) is 0 Å². The minimum Gasteiger partial charge on any atom is -0.452 e. The van der Waals surface area contributed by atoms with Gasteiger partial charge in [-0.05, 0) is 48.8 Å². The number of ether oxygens (including phenoxy) is 1. The van der Waals surface area contributed by atoms with E-state index < -0.39 is 17.7 Å². The highest BCUT2D eigenvalue weighted by molar-refractivity contribution is 9.10. The highest BCUT2D eigenvalue weighted by Gasteiger charge is 2.22. The van der Waals surface area contributed by atoms with Crippen LogP contribution in [0.3, 0.4) is 0 Å². The third-order valence-electron chi connectivity index (χ3n) is 1.96. The van der Waals surface area contributed by atoms with Crippen LogP contribution in [-0.4, -0.2) is 18.0 Å². The lowest BCUT2D eigenvalue weighted by Gasteiger charge is -2.22. The molecule has 1 amide bonds. The summed E-state index contributed by atoms with van der Waals surface area (Å²) in [5.74, 6) is 0.500. The van der Waals surface area contributed by atoms with Crippen LogP contribution >= 0.6 is 15.9 Å². The summed E-state index contributed by atoms with van der Waals surface area (Å²) in [5, 5.41) is 2.60. The van der Waals surface area contributed by atoms with Crippen LogP contribution in [0.5, 0.6) is 0 Å². The van der Waals surface area contributed by atoms with Crippen molar-refractivity contribution < 1.29 is 18.7 Å². The summed E-state index contributed by atoms with van der Waals surface area (Å²) in [5.41, 5.74) is -0.584. The maximum Gasteiger partial charge on any atom is 0.408 e. The highest BCUT2D eigenvalue weighted by Crippen LogP contribution is 2.22. The molecule has 0 aliphatic rings. The molecule has 1 N–H and O–H groups in total. The van der Waals surface area contributed by atoms with Gasteiger partial charge in [0, 0.05) is 6.42 Å². The molecule has 0 bridgehead atoms. The van der Waals surface area contributed by atoms with E-state index in [4.69, 9.17) is 9.15 Å². The average molecular weight is 318 g/mol. The number of furan rings is 1. The van der Waals surface area contributed by atoms with Crippen LogP contribution < -0.4 is 5.32 Å². The van der Waals surface area contributed by atoms with Crippen molar-refractivity contribution in [2.45, 2.75) is 38.8 Å². The SMILES string of the molecule is CC(C)(C)OC(=O)N[C@@H](CC=O)c1ccc(Br)o1. The fourth-order valence-electron chi connectivity index (χ4n) is 1.31. The molecule has 0 unspecified atom stereocenters. The Morgan fingerprint density at radius 1 is 1.56 bits per heavy atom. The topological polar surface area (TPSA) is 68.5 Å². The third kappa shape index (κ3) is 4.91. The van der Waals surface area contributed by atoms with Gasteiger partial charge in [-0.2, -0.15) is 0 Å². The van der Waals surface area contributed by atoms with Gasteiger partial charge in [0.1, 0.15) is 17.6 Å². The smallest absolute Gasteiger partial charge is 0.408 e. The Balaban J connectivity index is 2.69. The van der Waals surface area contributed by atoms with Crippen molar-refractivity contribution in [3.8, 4) is 0 Å². The predicted molar refractivity (Wildman–Crippen MR) is 69.2 cm³/mol. The zero-order valence-electron chi connectivity index (χ0n) is 10.5. The maximum absolute atomic E-state index is 11.6. The summed E-state index contributed by atoms with van der Waals surface area (Å²) in [4.78, 5) is 22.2. The monoisotopic (exact) mass is 317 g/mol. The van der Waals surface area contributed by atoms with E-state index in [-0.39, 0.29) is 6.42 Å². The molecule has 5 nitrogen and oxygen atoms in total. The Morgan fingerprint density at radius 2 is 2.22 bits per heavy atom. The van der Waals surface area contributed by atoms with E-state index in [2.05, 4.69) is 21.2 Å². The van der Waals surface area contributed by atoms with Crippen molar-refractivity contribution in [2.75, 3.05) is 0 Å². The molecule has 0 radical (unpaired) electrons. The van der Waals surface area contributed by atoms with Gasteiger partial charge in [0.25, 0.3) is 0 Å². The van der Waals surface area contributed by atoms with E-state index in [0.29, 0.717) is 10.4 Å². The quantitative estimate of drug-likeness (QED) is 0.866. The third-order valence-corrected chi connectivity index (χ3v) is 2.39. The molecule has 0 aromatic carbocycles. The second-order valence-corrected chi connectivity index (χ2v) is 5.52. The summed E-state index contributed by atoms with van der Waals surface area (Å²) in [6, 6.07) is 2.86. The van der Waals surface area contributed by atoms with Crippen molar-refractivity contribution in [2.24, 2.45) is 0 Å². The largest absolute Gasteiger partial charge is 0.452 e. The summed E-state index contributed by atoms with van der Waals surface area (Å²) in [7, 11) is 0. The summed E-state index contributed by atoms with van der Waals surface area (Å²) < 4.78 is 11.0. The Hall–Kier alpha value is -1.30.